The predicted molar refractivity (Wildman–Crippen MR) is 73.8 cm³/mol. The van der Waals surface area contributed by atoms with Crippen LogP contribution in [-0.2, 0) is 6.42 Å². The minimum absolute atomic E-state index is 0.197. The Bertz CT molecular complexity index is 424. The quantitative estimate of drug-likeness (QED) is 0.871. The van der Waals surface area contributed by atoms with E-state index in [-0.39, 0.29) is 6.61 Å². The number of hydrogen-bond donors (Lipinski definition) is 1. The van der Waals surface area contributed by atoms with E-state index in [2.05, 4.69) is 36.4 Å². The molecule has 0 atom stereocenters. The lowest BCUT2D eigenvalue weighted by Crippen LogP contribution is -1.91. The first-order valence-corrected chi connectivity index (χ1v) is 6.26. The summed E-state index contributed by atoms with van der Waals surface area (Å²) in [7, 11) is 0. The van der Waals surface area contributed by atoms with Gasteiger partial charge in [0.1, 0.15) is 5.75 Å². The third-order valence-corrected chi connectivity index (χ3v) is 2.85. The lowest BCUT2D eigenvalue weighted by molar-refractivity contribution is 0.299. The third-order valence-electron chi connectivity index (χ3n) is 2.85. The number of rotatable bonds is 5. The zero-order valence-corrected chi connectivity index (χ0v) is 10.6. The molecule has 94 valence electrons. The van der Waals surface area contributed by atoms with Gasteiger partial charge in [-0.1, -0.05) is 36.4 Å². The van der Waals surface area contributed by atoms with E-state index in [1.165, 1.54) is 11.1 Å². The maximum atomic E-state index is 8.87. The maximum absolute atomic E-state index is 8.87. The molecule has 0 aliphatic rings. The van der Waals surface area contributed by atoms with Gasteiger partial charge in [-0.25, -0.2) is 0 Å². The largest absolute Gasteiger partial charge is 0.494 e. The zero-order chi connectivity index (χ0) is 12.8. The number of aliphatic hydroxyl groups excluding tert-OH is 1. The summed E-state index contributed by atoms with van der Waals surface area (Å²) in [5.41, 5.74) is 3.51. The fraction of sp³-hybridized carbons (Fsp3) is 0.250. The Morgan fingerprint density at radius 3 is 1.94 bits per heavy atom. The second-order valence-electron chi connectivity index (χ2n) is 4.13. The zero-order valence-electron chi connectivity index (χ0n) is 10.6. The van der Waals surface area contributed by atoms with E-state index in [1.807, 2.05) is 19.1 Å². The Morgan fingerprint density at radius 2 is 1.44 bits per heavy atom. The smallest absolute Gasteiger partial charge is 0.119 e. The molecule has 0 heterocycles. The van der Waals surface area contributed by atoms with Crippen LogP contribution in [0.4, 0.5) is 0 Å². The molecule has 0 fully saturated rings. The Labute approximate surface area is 108 Å². The van der Waals surface area contributed by atoms with E-state index in [0.29, 0.717) is 13.0 Å². The molecule has 1 N–H and O–H groups in total. The Balaban J connectivity index is 2.15. The van der Waals surface area contributed by atoms with E-state index in [0.717, 1.165) is 11.3 Å². The summed E-state index contributed by atoms with van der Waals surface area (Å²) in [5, 5.41) is 8.87. The highest BCUT2D eigenvalue weighted by molar-refractivity contribution is 5.64. The van der Waals surface area contributed by atoms with Crippen molar-refractivity contribution in [3.63, 3.8) is 0 Å². The van der Waals surface area contributed by atoms with Crippen LogP contribution in [0.1, 0.15) is 12.5 Å². The molecule has 0 aromatic heterocycles. The Morgan fingerprint density at radius 1 is 0.889 bits per heavy atom. The average Bonchev–Trinajstić information content (AvgIpc) is 2.41. The van der Waals surface area contributed by atoms with Crippen LogP contribution in [-0.4, -0.2) is 18.3 Å². The van der Waals surface area contributed by atoms with E-state index >= 15 is 0 Å². The number of aliphatic hydroxyl groups is 1. The summed E-state index contributed by atoms with van der Waals surface area (Å²) < 4.78 is 5.42. The van der Waals surface area contributed by atoms with Gasteiger partial charge in [-0.2, -0.15) is 0 Å². The van der Waals surface area contributed by atoms with Gasteiger partial charge in [0.05, 0.1) is 6.61 Å². The van der Waals surface area contributed by atoms with Crippen LogP contribution < -0.4 is 4.74 Å². The molecular weight excluding hydrogens is 224 g/mol. The Hall–Kier alpha value is -1.80. The highest BCUT2D eigenvalue weighted by atomic mass is 16.5. The van der Waals surface area contributed by atoms with Gasteiger partial charge >= 0.3 is 0 Å². The van der Waals surface area contributed by atoms with Gasteiger partial charge in [0, 0.05) is 6.61 Å². The van der Waals surface area contributed by atoms with E-state index in [4.69, 9.17) is 9.84 Å². The molecule has 0 unspecified atom stereocenters. The van der Waals surface area contributed by atoms with Gasteiger partial charge < -0.3 is 9.84 Å². The fourth-order valence-electron chi connectivity index (χ4n) is 1.90. The first kappa shape index (κ1) is 12.7. The van der Waals surface area contributed by atoms with Crippen molar-refractivity contribution in [3.8, 4) is 16.9 Å². The van der Waals surface area contributed by atoms with E-state index in [9.17, 15) is 0 Å². The van der Waals surface area contributed by atoms with Crippen molar-refractivity contribution < 1.29 is 9.84 Å². The minimum Gasteiger partial charge on any atom is -0.494 e. The Kier molecular flexibility index (Phi) is 4.37. The molecule has 2 nitrogen and oxygen atoms in total. The second-order valence-corrected chi connectivity index (χ2v) is 4.13. The summed E-state index contributed by atoms with van der Waals surface area (Å²) in [5.74, 6) is 0.901. The lowest BCUT2D eigenvalue weighted by Gasteiger charge is -2.06. The second kappa shape index (κ2) is 6.22. The summed E-state index contributed by atoms with van der Waals surface area (Å²) in [6.45, 7) is 2.87. The number of hydrogen-bond acceptors (Lipinski definition) is 2. The molecule has 2 rings (SSSR count). The highest BCUT2D eigenvalue weighted by Gasteiger charge is 1.99. The summed E-state index contributed by atoms with van der Waals surface area (Å²) in [6.07, 6.45) is 0.712. The topological polar surface area (TPSA) is 29.5 Å². The molecule has 0 aliphatic carbocycles. The summed E-state index contributed by atoms with van der Waals surface area (Å²) in [4.78, 5) is 0. The van der Waals surface area contributed by atoms with Crippen molar-refractivity contribution in [1.29, 1.82) is 0 Å². The molecule has 2 aromatic rings. The molecule has 18 heavy (non-hydrogen) atoms. The van der Waals surface area contributed by atoms with E-state index in [1.54, 1.807) is 0 Å². The molecule has 2 aromatic carbocycles. The molecule has 0 radical (unpaired) electrons. The van der Waals surface area contributed by atoms with Crippen LogP contribution in [0.25, 0.3) is 11.1 Å². The molecule has 0 bridgehead atoms. The number of ether oxygens (including phenoxy) is 1. The van der Waals surface area contributed by atoms with Crippen molar-refractivity contribution in [3.05, 3.63) is 54.1 Å². The molecule has 0 spiro atoms. The third kappa shape index (κ3) is 3.11. The van der Waals surface area contributed by atoms with Crippen molar-refractivity contribution in [2.75, 3.05) is 13.2 Å². The van der Waals surface area contributed by atoms with Crippen LogP contribution in [0.2, 0.25) is 0 Å². The van der Waals surface area contributed by atoms with Gasteiger partial charge in [-0.3, -0.25) is 0 Å². The fourth-order valence-corrected chi connectivity index (χ4v) is 1.90. The van der Waals surface area contributed by atoms with Gasteiger partial charge in [0.15, 0.2) is 0 Å². The number of benzene rings is 2. The van der Waals surface area contributed by atoms with Crippen LogP contribution in [0.5, 0.6) is 5.75 Å². The van der Waals surface area contributed by atoms with Crippen LogP contribution >= 0.6 is 0 Å². The molecule has 0 amide bonds. The van der Waals surface area contributed by atoms with Crippen LogP contribution in [0.3, 0.4) is 0 Å². The highest BCUT2D eigenvalue weighted by Crippen LogP contribution is 2.22. The molecular formula is C16H18O2. The standard InChI is InChI=1S/C16H18O2/c1-2-18-16-9-7-15(8-10-16)14-5-3-13(4-6-14)11-12-17/h3-10,17H,2,11-12H2,1H3. The first-order valence-electron chi connectivity index (χ1n) is 6.26. The van der Waals surface area contributed by atoms with Crippen LogP contribution in [0, 0.1) is 0 Å². The van der Waals surface area contributed by atoms with Gasteiger partial charge in [-0.15, -0.1) is 0 Å². The molecule has 0 aliphatic heterocycles. The van der Waals surface area contributed by atoms with Crippen molar-refractivity contribution >= 4 is 0 Å². The van der Waals surface area contributed by atoms with Crippen LogP contribution in [0.15, 0.2) is 48.5 Å². The molecule has 2 heteroatoms. The first-order chi connectivity index (χ1) is 8.83. The monoisotopic (exact) mass is 242 g/mol. The SMILES string of the molecule is CCOc1ccc(-c2ccc(CCO)cc2)cc1. The van der Waals surface area contributed by atoms with Gasteiger partial charge in [0.25, 0.3) is 0 Å². The summed E-state index contributed by atoms with van der Waals surface area (Å²) >= 11 is 0. The van der Waals surface area contributed by atoms with Gasteiger partial charge in [-0.05, 0) is 42.2 Å². The average molecular weight is 242 g/mol. The molecule has 0 saturated carbocycles. The van der Waals surface area contributed by atoms with Crippen molar-refractivity contribution in [1.82, 2.24) is 0 Å². The maximum Gasteiger partial charge on any atom is 0.119 e. The lowest BCUT2D eigenvalue weighted by atomic mass is 10.0. The van der Waals surface area contributed by atoms with Gasteiger partial charge in [0.2, 0.25) is 0 Å². The van der Waals surface area contributed by atoms with Crippen molar-refractivity contribution in [2.24, 2.45) is 0 Å². The van der Waals surface area contributed by atoms with E-state index < -0.39 is 0 Å². The minimum atomic E-state index is 0.197. The normalized spacial score (nSPS) is 10.3. The molecule has 0 saturated heterocycles. The van der Waals surface area contributed by atoms with Crippen molar-refractivity contribution in [2.45, 2.75) is 13.3 Å². The summed E-state index contributed by atoms with van der Waals surface area (Å²) in [6, 6.07) is 16.4. The predicted octanol–water partition coefficient (Wildman–Crippen LogP) is 3.29.